The quantitative estimate of drug-likeness (QED) is 0.0208. The SMILES string of the molecule is CC\C=C/C=C\C=C/CCCCCCCCCC(=O)OCC(COC(=O)C/C=C\C/C=C\C/C=C\CC)OC(=O)CCCCCCCCCCCCC. The van der Waals surface area contributed by atoms with Crippen LogP contribution in [-0.2, 0) is 28.6 Å². The molecule has 1 atom stereocenters. The second-order valence-electron chi connectivity index (χ2n) is 13.9. The Morgan fingerprint density at radius 1 is 0.434 bits per heavy atom. The summed E-state index contributed by atoms with van der Waals surface area (Å²) < 4.78 is 16.5. The minimum absolute atomic E-state index is 0.108. The number of allylic oxidation sites excluding steroid dienone is 11. The molecule has 0 saturated heterocycles. The van der Waals surface area contributed by atoms with Crippen LogP contribution < -0.4 is 0 Å². The van der Waals surface area contributed by atoms with Gasteiger partial charge in [-0.25, -0.2) is 0 Å². The zero-order valence-corrected chi connectivity index (χ0v) is 34.3. The Kier molecular flexibility index (Phi) is 39.1. The lowest BCUT2D eigenvalue weighted by Gasteiger charge is -2.18. The van der Waals surface area contributed by atoms with E-state index in [2.05, 4.69) is 81.5 Å². The van der Waals surface area contributed by atoms with Crippen LogP contribution in [0.15, 0.2) is 72.9 Å². The normalized spacial score (nSPS) is 12.7. The highest BCUT2D eigenvalue weighted by atomic mass is 16.6. The number of carbonyl (C=O) groups is 3. The number of unbranched alkanes of at least 4 members (excludes halogenated alkanes) is 17. The Hall–Kier alpha value is -3.15. The second kappa shape index (κ2) is 41.6. The molecular weight excluding hydrogens is 661 g/mol. The Morgan fingerprint density at radius 3 is 1.45 bits per heavy atom. The molecule has 0 aromatic carbocycles. The van der Waals surface area contributed by atoms with E-state index < -0.39 is 12.1 Å². The Morgan fingerprint density at radius 2 is 0.887 bits per heavy atom. The molecule has 0 amide bonds. The van der Waals surface area contributed by atoms with Crippen LogP contribution in [0.25, 0.3) is 0 Å². The lowest BCUT2D eigenvalue weighted by Crippen LogP contribution is -2.30. The van der Waals surface area contributed by atoms with Crippen molar-refractivity contribution in [3.05, 3.63) is 72.9 Å². The van der Waals surface area contributed by atoms with E-state index in [9.17, 15) is 14.4 Å². The van der Waals surface area contributed by atoms with E-state index in [0.717, 1.165) is 70.6 Å². The van der Waals surface area contributed by atoms with Crippen molar-refractivity contribution < 1.29 is 28.6 Å². The van der Waals surface area contributed by atoms with Crippen LogP contribution in [0.5, 0.6) is 0 Å². The molecule has 0 aliphatic carbocycles. The summed E-state index contributed by atoms with van der Waals surface area (Å²) in [6.45, 7) is 6.25. The summed E-state index contributed by atoms with van der Waals surface area (Å²) >= 11 is 0. The number of hydrogen-bond donors (Lipinski definition) is 0. The first-order chi connectivity index (χ1) is 26.0. The molecule has 0 heterocycles. The Labute approximate surface area is 325 Å². The molecule has 53 heavy (non-hydrogen) atoms. The summed E-state index contributed by atoms with van der Waals surface area (Å²) in [4.78, 5) is 37.5. The maximum absolute atomic E-state index is 12.7. The molecule has 0 aromatic rings. The van der Waals surface area contributed by atoms with Crippen LogP contribution in [0.4, 0.5) is 0 Å². The van der Waals surface area contributed by atoms with E-state index in [1.54, 1.807) is 6.08 Å². The highest BCUT2D eigenvalue weighted by Crippen LogP contribution is 2.14. The highest BCUT2D eigenvalue weighted by molar-refractivity contribution is 5.72. The van der Waals surface area contributed by atoms with Gasteiger partial charge in [-0.2, -0.15) is 0 Å². The van der Waals surface area contributed by atoms with Crippen molar-refractivity contribution in [3.63, 3.8) is 0 Å². The van der Waals surface area contributed by atoms with E-state index in [1.807, 2.05) is 6.08 Å². The minimum Gasteiger partial charge on any atom is -0.462 e. The molecule has 0 spiro atoms. The van der Waals surface area contributed by atoms with Crippen LogP contribution >= 0.6 is 0 Å². The first-order valence-corrected chi connectivity index (χ1v) is 21.5. The summed E-state index contributed by atoms with van der Waals surface area (Å²) in [6.07, 6.45) is 50.6. The number of rotatable bonds is 37. The molecular formula is C47H78O6. The zero-order valence-electron chi connectivity index (χ0n) is 34.3. The van der Waals surface area contributed by atoms with Gasteiger partial charge in [-0.05, 0) is 51.4 Å². The van der Waals surface area contributed by atoms with Gasteiger partial charge in [0.25, 0.3) is 0 Å². The van der Waals surface area contributed by atoms with E-state index >= 15 is 0 Å². The molecule has 0 fully saturated rings. The maximum atomic E-state index is 12.7. The molecule has 0 aliphatic heterocycles. The van der Waals surface area contributed by atoms with Crippen LogP contribution in [0.1, 0.15) is 188 Å². The second-order valence-corrected chi connectivity index (χ2v) is 13.9. The van der Waals surface area contributed by atoms with Gasteiger partial charge in [-0.1, -0.05) is 190 Å². The number of esters is 3. The van der Waals surface area contributed by atoms with Crippen molar-refractivity contribution in [2.75, 3.05) is 13.2 Å². The number of ether oxygens (including phenoxy) is 3. The molecule has 0 radical (unpaired) electrons. The minimum atomic E-state index is -0.810. The lowest BCUT2D eigenvalue weighted by molar-refractivity contribution is -0.166. The fourth-order valence-corrected chi connectivity index (χ4v) is 5.62. The molecule has 302 valence electrons. The molecule has 0 aliphatic rings. The van der Waals surface area contributed by atoms with Gasteiger partial charge in [0.2, 0.25) is 0 Å². The third-order valence-electron chi connectivity index (χ3n) is 8.80. The fourth-order valence-electron chi connectivity index (χ4n) is 5.62. The first kappa shape index (κ1) is 49.9. The van der Waals surface area contributed by atoms with Gasteiger partial charge in [0, 0.05) is 12.8 Å². The summed E-state index contributed by atoms with van der Waals surface area (Å²) in [5, 5.41) is 0. The van der Waals surface area contributed by atoms with Gasteiger partial charge in [-0.15, -0.1) is 0 Å². The van der Waals surface area contributed by atoms with E-state index in [4.69, 9.17) is 14.2 Å². The van der Waals surface area contributed by atoms with Gasteiger partial charge in [0.15, 0.2) is 6.10 Å². The standard InChI is InChI=1S/C47H78O6/c1-4-7-10-13-16-19-21-22-23-24-26-28-31-34-37-40-46(49)52-43-44(42-51-45(48)39-36-33-30-27-18-15-12-9-6-3)53-47(50)41-38-35-32-29-25-20-17-14-11-8-5-2/h7,9-10,12-13,16,18-19,21,27,33,36,44H,4-6,8,11,14-15,17,20,22-26,28-32,34-35,37-43H2,1-3H3/b10-7-,12-9-,16-13-,21-19-,27-18-,36-33-. The number of hydrogen-bond acceptors (Lipinski definition) is 6. The van der Waals surface area contributed by atoms with Crippen LogP contribution in [0, 0.1) is 0 Å². The summed E-state index contributed by atoms with van der Waals surface area (Å²) in [7, 11) is 0. The van der Waals surface area contributed by atoms with Crippen LogP contribution in [0.2, 0.25) is 0 Å². The monoisotopic (exact) mass is 739 g/mol. The van der Waals surface area contributed by atoms with Crippen LogP contribution in [0.3, 0.4) is 0 Å². The van der Waals surface area contributed by atoms with Gasteiger partial charge < -0.3 is 14.2 Å². The number of carbonyl (C=O) groups excluding carboxylic acids is 3. The topological polar surface area (TPSA) is 78.9 Å². The van der Waals surface area contributed by atoms with Crippen molar-refractivity contribution in [2.24, 2.45) is 0 Å². The van der Waals surface area contributed by atoms with Gasteiger partial charge in [0.1, 0.15) is 13.2 Å². The van der Waals surface area contributed by atoms with Crippen molar-refractivity contribution in [1.82, 2.24) is 0 Å². The molecule has 0 N–H and O–H groups in total. The third-order valence-corrected chi connectivity index (χ3v) is 8.80. The largest absolute Gasteiger partial charge is 0.462 e. The predicted octanol–water partition coefficient (Wildman–Crippen LogP) is 13.5. The summed E-state index contributed by atoms with van der Waals surface area (Å²) in [6, 6.07) is 0. The Balaban J connectivity index is 4.44. The van der Waals surface area contributed by atoms with E-state index in [0.29, 0.717) is 12.8 Å². The predicted molar refractivity (Wildman–Crippen MR) is 224 cm³/mol. The fraction of sp³-hybridized carbons (Fsp3) is 0.681. The molecule has 0 bridgehead atoms. The molecule has 6 heteroatoms. The molecule has 0 rings (SSSR count). The van der Waals surface area contributed by atoms with Crippen molar-refractivity contribution in [2.45, 2.75) is 194 Å². The van der Waals surface area contributed by atoms with Crippen molar-refractivity contribution >= 4 is 17.9 Å². The van der Waals surface area contributed by atoms with Gasteiger partial charge in [0.05, 0.1) is 6.42 Å². The Bertz CT molecular complexity index is 1030. The smallest absolute Gasteiger partial charge is 0.309 e. The first-order valence-electron chi connectivity index (χ1n) is 21.5. The zero-order chi connectivity index (χ0) is 38.7. The van der Waals surface area contributed by atoms with Crippen LogP contribution in [-0.4, -0.2) is 37.2 Å². The molecule has 6 nitrogen and oxygen atoms in total. The van der Waals surface area contributed by atoms with Gasteiger partial charge in [-0.3, -0.25) is 14.4 Å². The van der Waals surface area contributed by atoms with Crippen molar-refractivity contribution in [3.8, 4) is 0 Å². The lowest BCUT2D eigenvalue weighted by atomic mass is 10.1. The van der Waals surface area contributed by atoms with E-state index in [1.165, 1.54) is 77.0 Å². The highest BCUT2D eigenvalue weighted by Gasteiger charge is 2.19. The van der Waals surface area contributed by atoms with Crippen molar-refractivity contribution in [1.29, 1.82) is 0 Å². The average molecular weight is 739 g/mol. The van der Waals surface area contributed by atoms with Gasteiger partial charge >= 0.3 is 17.9 Å². The average Bonchev–Trinajstić information content (AvgIpc) is 3.15. The maximum Gasteiger partial charge on any atom is 0.309 e. The van der Waals surface area contributed by atoms with E-state index in [-0.39, 0.29) is 31.6 Å². The molecule has 1 unspecified atom stereocenters. The third kappa shape index (κ3) is 39.9. The molecule has 0 saturated carbocycles. The molecule has 0 aromatic heterocycles. The summed E-state index contributed by atoms with van der Waals surface area (Å²) in [5.41, 5.74) is 0. The summed E-state index contributed by atoms with van der Waals surface area (Å²) in [5.74, 6) is -1.06.